The third-order valence-electron chi connectivity index (χ3n) is 3.05. The topological polar surface area (TPSA) is 61.4 Å². The Balaban J connectivity index is 2.30. The molecule has 1 aliphatic rings. The molecule has 5 nitrogen and oxygen atoms in total. The van der Waals surface area contributed by atoms with E-state index in [0.717, 1.165) is 19.4 Å². The summed E-state index contributed by atoms with van der Waals surface area (Å²) in [5.74, 6) is 0. The maximum absolute atomic E-state index is 11.7. The monoisotopic (exact) mass is 249 g/mol. The molecule has 0 bridgehead atoms. The fourth-order valence-corrected chi connectivity index (χ4v) is 2.88. The average Bonchev–Trinajstić information content (AvgIpc) is 2.69. The molecule has 2 N–H and O–H groups in total. The highest BCUT2D eigenvalue weighted by molar-refractivity contribution is 7.87. The van der Waals surface area contributed by atoms with E-state index in [4.69, 9.17) is 0 Å². The minimum absolute atomic E-state index is 0.0119. The van der Waals surface area contributed by atoms with E-state index < -0.39 is 10.2 Å². The van der Waals surface area contributed by atoms with Gasteiger partial charge < -0.3 is 5.32 Å². The second-order valence-corrected chi connectivity index (χ2v) is 6.41. The van der Waals surface area contributed by atoms with Gasteiger partial charge in [0.05, 0.1) is 0 Å². The third-order valence-corrected chi connectivity index (χ3v) is 4.79. The molecule has 0 aromatic rings. The first-order chi connectivity index (χ1) is 7.43. The smallest absolute Gasteiger partial charge is 0.279 e. The molecule has 96 valence electrons. The van der Waals surface area contributed by atoms with Crippen LogP contribution in [0.15, 0.2) is 0 Å². The lowest BCUT2D eigenvalue weighted by Crippen LogP contribution is -2.43. The summed E-state index contributed by atoms with van der Waals surface area (Å²) in [4.78, 5) is 0. The number of nitrogens with zero attached hydrogens (tertiary/aromatic N) is 1. The first-order valence-electron chi connectivity index (χ1n) is 5.89. The Bertz CT molecular complexity index is 297. The van der Waals surface area contributed by atoms with Crippen LogP contribution in [0.25, 0.3) is 0 Å². The Hall–Kier alpha value is -0.170. The molecule has 6 heteroatoms. The molecule has 0 radical (unpaired) electrons. The van der Waals surface area contributed by atoms with Gasteiger partial charge in [-0.05, 0) is 39.7 Å². The van der Waals surface area contributed by atoms with Crippen LogP contribution in [0.4, 0.5) is 0 Å². The molecule has 0 saturated carbocycles. The van der Waals surface area contributed by atoms with Crippen molar-refractivity contribution in [2.24, 2.45) is 0 Å². The van der Waals surface area contributed by atoms with Crippen molar-refractivity contribution < 1.29 is 8.42 Å². The molecule has 0 aliphatic carbocycles. The number of rotatable bonds is 6. The molecule has 0 aromatic carbocycles. The summed E-state index contributed by atoms with van der Waals surface area (Å²) in [5, 5.41) is 3.35. The summed E-state index contributed by atoms with van der Waals surface area (Å²) in [6.07, 6.45) is 3.22. The van der Waals surface area contributed by atoms with E-state index in [0.29, 0.717) is 12.6 Å². The summed E-state index contributed by atoms with van der Waals surface area (Å²) in [5.41, 5.74) is 0. The maximum atomic E-state index is 11.7. The van der Waals surface area contributed by atoms with Crippen molar-refractivity contribution in [3.05, 3.63) is 0 Å². The summed E-state index contributed by atoms with van der Waals surface area (Å²) in [6, 6.07) is 0.467. The van der Waals surface area contributed by atoms with Gasteiger partial charge in [-0.25, -0.2) is 4.72 Å². The van der Waals surface area contributed by atoms with E-state index in [2.05, 4.69) is 10.0 Å². The first kappa shape index (κ1) is 13.9. The zero-order valence-corrected chi connectivity index (χ0v) is 11.2. The molecule has 1 fully saturated rings. The molecular weight excluding hydrogens is 226 g/mol. The molecular formula is C10H23N3O2S. The van der Waals surface area contributed by atoms with Gasteiger partial charge in [0.2, 0.25) is 0 Å². The standard InChI is InChI=1S/C10H23N3O2S/c1-9(2)13(3)16(14,15)12-8-6-10-5-4-7-11-10/h9-12H,4-8H2,1-3H3/t10-/m0/s1. The Kier molecular flexibility index (Phi) is 5.17. The van der Waals surface area contributed by atoms with E-state index in [1.807, 2.05) is 13.8 Å². The highest BCUT2D eigenvalue weighted by Crippen LogP contribution is 2.08. The van der Waals surface area contributed by atoms with E-state index in [1.54, 1.807) is 7.05 Å². The Labute approximate surface area is 98.8 Å². The normalized spacial score (nSPS) is 22.2. The minimum Gasteiger partial charge on any atom is -0.314 e. The van der Waals surface area contributed by atoms with Crippen molar-refractivity contribution in [1.82, 2.24) is 14.3 Å². The van der Waals surface area contributed by atoms with Crippen LogP contribution in [0.2, 0.25) is 0 Å². The molecule has 1 heterocycles. The van der Waals surface area contributed by atoms with E-state index >= 15 is 0 Å². The van der Waals surface area contributed by atoms with Crippen molar-refractivity contribution in [2.75, 3.05) is 20.1 Å². The lowest BCUT2D eigenvalue weighted by Gasteiger charge is -2.21. The van der Waals surface area contributed by atoms with Gasteiger partial charge in [-0.1, -0.05) is 0 Å². The fourth-order valence-electron chi connectivity index (χ4n) is 1.74. The van der Waals surface area contributed by atoms with Crippen LogP contribution in [0, 0.1) is 0 Å². The van der Waals surface area contributed by atoms with Crippen molar-refractivity contribution in [1.29, 1.82) is 0 Å². The zero-order valence-electron chi connectivity index (χ0n) is 10.4. The molecule has 16 heavy (non-hydrogen) atoms. The molecule has 1 aliphatic heterocycles. The van der Waals surface area contributed by atoms with Crippen LogP contribution >= 0.6 is 0 Å². The van der Waals surface area contributed by atoms with Gasteiger partial charge in [0.25, 0.3) is 10.2 Å². The quantitative estimate of drug-likeness (QED) is 0.712. The summed E-state index contributed by atoms with van der Waals surface area (Å²) in [7, 11) is -1.70. The lowest BCUT2D eigenvalue weighted by molar-refractivity contribution is 0.400. The van der Waals surface area contributed by atoms with Gasteiger partial charge in [-0.2, -0.15) is 12.7 Å². The Morgan fingerprint density at radius 2 is 2.19 bits per heavy atom. The third kappa shape index (κ3) is 4.01. The largest absolute Gasteiger partial charge is 0.314 e. The van der Waals surface area contributed by atoms with Crippen LogP contribution in [-0.4, -0.2) is 44.9 Å². The summed E-state index contributed by atoms with van der Waals surface area (Å²) >= 11 is 0. The molecule has 1 rings (SSSR count). The number of hydrogen-bond acceptors (Lipinski definition) is 3. The van der Waals surface area contributed by atoms with Crippen molar-refractivity contribution >= 4 is 10.2 Å². The fraction of sp³-hybridized carbons (Fsp3) is 1.00. The average molecular weight is 249 g/mol. The van der Waals surface area contributed by atoms with Crippen LogP contribution < -0.4 is 10.0 Å². The minimum atomic E-state index is -3.30. The van der Waals surface area contributed by atoms with Gasteiger partial charge in [-0.15, -0.1) is 0 Å². The number of nitrogens with one attached hydrogen (secondary N) is 2. The van der Waals surface area contributed by atoms with Gasteiger partial charge in [-0.3, -0.25) is 0 Å². The SMILES string of the molecule is CC(C)N(C)S(=O)(=O)NCC[C@@H]1CCCN1. The van der Waals surface area contributed by atoms with Crippen molar-refractivity contribution in [3.63, 3.8) is 0 Å². The maximum Gasteiger partial charge on any atom is 0.279 e. The van der Waals surface area contributed by atoms with Gasteiger partial charge in [0.15, 0.2) is 0 Å². The molecule has 1 atom stereocenters. The van der Waals surface area contributed by atoms with Crippen LogP contribution in [0.1, 0.15) is 33.1 Å². The molecule has 0 unspecified atom stereocenters. The Morgan fingerprint density at radius 3 is 2.69 bits per heavy atom. The van der Waals surface area contributed by atoms with Gasteiger partial charge in [0.1, 0.15) is 0 Å². The summed E-state index contributed by atoms with van der Waals surface area (Å²) < 4.78 is 27.5. The first-order valence-corrected chi connectivity index (χ1v) is 7.33. The highest BCUT2D eigenvalue weighted by Gasteiger charge is 2.20. The highest BCUT2D eigenvalue weighted by atomic mass is 32.2. The Morgan fingerprint density at radius 1 is 1.50 bits per heavy atom. The molecule has 1 saturated heterocycles. The van der Waals surface area contributed by atoms with Crippen molar-refractivity contribution in [3.8, 4) is 0 Å². The predicted molar refractivity (Wildman–Crippen MR) is 65.5 cm³/mol. The van der Waals surface area contributed by atoms with E-state index in [1.165, 1.54) is 10.7 Å². The lowest BCUT2D eigenvalue weighted by atomic mass is 10.2. The zero-order chi connectivity index (χ0) is 12.2. The number of hydrogen-bond donors (Lipinski definition) is 2. The summed E-state index contributed by atoms with van der Waals surface area (Å²) in [6.45, 7) is 5.29. The molecule has 0 aromatic heterocycles. The van der Waals surface area contributed by atoms with Crippen LogP contribution in [-0.2, 0) is 10.2 Å². The second-order valence-electron chi connectivity index (χ2n) is 4.59. The van der Waals surface area contributed by atoms with E-state index in [-0.39, 0.29) is 6.04 Å². The van der Waals surface area contributed by atoms with Gasteiger partial charge in [0, 0.05) is 25.7 Å². The molecule has 0 amide bonds. The van der Waals surface area contributed by atoms with Crippen molar-refractivity contribution in [2.45, 2.75) is 45.2 Å². The van der Waals surface area contributed by atoms with Gasteiger partial charge >= 0.3 is 0 Å². The second kappa shape index (κ2) is 5.95. The predicted octanol–water partition coefficient (Wildman–Crippen LogP) is 0.303. The van der Waals surface area contributed by atoms with Crippen LogP contribution in [0.3, 0.4) is 0 Å². The van der Waals surface area contributed by atoms with Crippen LogP contribution in [0.5, 0.6) is 0 Å². The van der Waals surface area contributed by atoms with E-state index in [9.17, 15) is 8.42 Å². The molecule has 0 spiro atoms.